The van der Waals surface area contributed by atoms with Gasteiger partial charge in [-0.2, -0.15) is 9.50 Å². The molecule has 7 nitrogen and oxygen atoms in total. The Bertz CT molecular complexity index is 658. The Kier molecular flexibility index (Phi) is 3.04. The summed E-state index contributed by atoms with van der Waals surface area (Å²) in [6.45, 7) is 5.83. The van der Waals surface area contributed by atoms with Gasteiger partial charge in [-0.25, -0.2) is 9.78 Å². The first-order valence-electron chi connectivity index (χ1n) is 6.77. The highest BCUT2D eigenvalue weighted by molar-refractivity contribution is 5.88. The van der Waals surface area contributed by atoms with E-state index in [9.17, 15) is 4.79 Å². The maximum absolute atomic E-state index is 11.1. The van der Waals surface area contributed by atoms with Gasteiger partial charge < -0.3 is 10.0 Å². The molecule has 0 aliphatic carbocycles. The lowest BCUT2D eigenvalue weighted by Crippen LogP contribution is -2.33. The first-order chi connectivity index (χ1) is 9.56. The van der Waals surface area contributed by atoms with E-state index >= 15 is 0 Å². The molecule has 3 rings (SSSR count). The molecule has 0 aromatic carbocycles. The molecule has 0 atom stereocenters. The summed E-state index contributed by atoms with van der Waals surface area (Å²) >= 11 is 0. The summed E-state index contributed by atoms with van der Waals surface area (Å²) in [5.41, 5.74) is 0.702. The summed E-state index contributed by atoms with van der Waals surface area (Å²) in [5, 5.41) is 13.5. The van der Waals surface area contributed by atoms with Crippen LogP contribution in [-0.4, -0.2) is 43.7 Å². The second-order valence-corrected chi connectivity index (χ2v) is 5.36. The van der Waals surface area contributed by atoms with Crippen molar-refractivity contribution in [3.05, 3.63) is 17.5 Å². The first kappa shape index (κ1) is 12.8. The number of nitrogens with zero attached hydrogens (tertiary/aromatic N) is 5. The van der Waals surface area contributed by atoms with Gasteiger partial charge in [0, 0.05) is 19.3 Å². The summed E-state index contributed by atoms with van der Waals surface area (Å²) in [6, 6.07) is 0. The smallest absolute Gasteiger partial charge is 0.339 e. The van der Waals surface area contributed by atoms with E-state index in [2.05, 4.69) is 26.9 Å². The van der Waals surface area contributed by atoms with E-state index in [0.29, 0.717) is 17.4 Å². The summed E-state index contributed by atoms with van der Waals surface area (Å²) < 4.78 is 1.51. The third kappa shape index (κ3) is 2.09. The molecule has 1 aliphatic rings. The third-order valence-corrected chi connectivity index (χ3v) is 3.89. The molecule has 1 saturated heterocycles. The number of aromatic nitrogens is 4. The van der Waals surface area contributed by atoms with Gasteiger partial charge in [0.25, 0.3) is 5.78 Å². The van der Waals surface area contributed by atoms with E-state index in [1.807, 2.05) is 0 Å². The molecular formula is C13H17N5O2. The monoisotopic (exact) mass is 275 g/mol. The van der Waals surface area contributed by atoms with Crippen LogP contribution in [0.2, 0.25) is 0 Å². The molecule has 0 saturated carbocycles. The van der Waals surface area contributed by atoms with Gasteiger partial charge in [0.15, 0.2) is 0 Å². The van der Waals surface area contributed by atoms with Crippen LogP contribution in [0.1, 0.15) is 35.8 Å². The van der Waals surface area contributed by atoms with Crippen molar-refractivity contribution in [2.24, 2.45) is 5.92 Å². The third-order valence-electron chi connectivity index (χ3n) is 3.89. The van der Waals surface area contributed by atoms with E-state index in [-0.39, 0.29) is 5.56 Å². The molecule has 0 spiro atoms. The zero-order valence-corrected chi connectivity index (χ0v) is 11.6. The largest absolute Gasteiger partial charge is 0.478 e. The van der Waals surface area contributed by atoms with Gasteiger partial charge in [-0.1, -0.05) is 6.92 Å². The van der Waals surface area contributed by atoms with Crippen molar-refractivity contribution in [1.82, 2.24) is 19.6 Å². The average Bonchev–Trinajstić information content (AvgIpc) is 2.84. The summed E-state index contributed by atoms with van der Waals surface area (Å²) in [4.78, 5) is 21.7. The van der Waals surface area contributed by atoms with Gasteiger partial charge in [-0.3, -0.25) is 0 Å². The predicted molar refractivity (Wildman–Crippen MR) is 73.1 cm³/mol. The molecule has 0 bridgehead atoms. The highest BCUT2D eigenvalue weighted by atomic mass is 16.4. The van der Waals surface area contributed by atoms with Crippen LogP contribution in [0.15, 0.2) is 6.20 Å². The van der Waals surface area contributed by atoms with Gasteiger partial charge in [0.2, 0.25) is 5.95 Å². The lowest BCUT2D eigenvalue weighted by atomic mass is 10.00. The Balaban J connectivity index is 1.98. The van der Waals surface area contributed by atoms with E-state index < -0.39 is 5.97 Å². The molecule has 106 valence electrons. The molecule has 1 fully saturated rings. The van der Waals surface area contributed by atoms with Crippen molar-refractivity contribution in [2.45, 2.75) is 26.7 Å². The fourth-order valence-electron chi connectivity index (χ4n) is 2.48. The van der Waals surface area contributed by atoms with E-state index in [4.69, 9.17) is 5.11 Å². The first-order valence-corrected chi connectivity index (χ1v) is 6.77. The Hall–Kier alpha value is -2.18. The highest BCUT2D eigenvalue weighted by Crippen LogP contribution is 2.21. The van der Waals surface area contributed by atoms with Crippen LogP contribution in [0.4, 0.5) is 5.95 Å². The van der Waals surface area contributed by atoms with Gasteiger partial charge in [0.05, 0.1) is 11.3 Å². The Labute approximate surface area is 116 Å². The normalized spacial score (nSPS) is 16.8. The fourth-order valence-corrected chi connectivity index (χ4v) is 2.48. The van der Waals surface area contributed by atoms with Crippen molar-refractivity contribution in [2.75, 3.05) is 18.0 Å². The average molecular weight is 275 g/mol. The summed E-state index contributed by atoms with van der Waals surface area (Å²) in [5.74, 6) is 0.818. The van der Waals surface area contributed by atoms with E-state index in [1.165, 1.54) is 10.7 Å². The quantitative estimate of drug-likeness (QED) is 0.891. The minimum absolute atomic E-state index is 0.154. The van der Waals surface area contributed by atoms with Crippen LogP contribution in [0.25, 0.3) is 5.78 Å². The maximum atomic E-state index is 11.1. The molecule has 7 heteroatoms. The van der Waals surface area contributed by atoms with Crippen molar-refractivity contribution in [1.29, 1.82) is 0 Å². The van der Waals surface area contributed by atoms with Crippen LogP contribution in [0, 0.1) is 12.8 Å². The number of carboxylic acids is 1. The molecule has 0 amide bonds. The Morgan fingerprint density at radius 1 is 1.40 bits per heavy atom. The number of hydrogen-bond donors (Lipinski definition) is 1. The minimum Gasteiger partial charge on any atom is -0.478 e. The number of aryl methyl sites for hydroxylation is 1. The second kappa shape index (κ2) is 4.73. The van der Waals surface area contributed by atoms with Gasteiger partial charge in [-0.15, -0.1) is 5.10 Å². The topological polar surface area (TPSA) is 83.6 Å². The van der Waals surface area contributed by atoms with Crippen molar-refractivity contribution in [3.8, 4) is 0 Å². The number of fused-ring (bicyclic) bond motifs is 1. The Morgan fingerprint density at radius 2 is 2.10 bits per heavy atom. The molecule has 20 heavy (non-hydrogen) atoms. The standard InChI is InChI=1S/C13H17N5O2/c1-8-3-5-17(6-4-8)13-15-12-14-7-10(11(19)20)9(2)18(12)16-13/h7-8H,3-6H2,1-2H3,(H,19,20). The number of carboxylic acid groups (broad SMARTS) is 1. The van der Waals surface area contributed by atoms with Crippen molar-refractivity contribution < 1.29 is 9.90 Å². The molecular weight excluding hydrogens is 258 g/mol. The van der Waals surface area contributed by atoms with Crippen molar-refractivity contribution >= 4 is 17.7 Å². The Morgan fingerprint density at radius 3 is 2.75 bits per heavy atom. The molecule has 1 aliphatic heterocycles. The van der Waals surface area contributed by atoms with Crippen LogP contribution < -0.4 is 4.90 Å². The summed E-state index contributed by atoms with van der Waals surface area (Å²) in [6.07, 6.45) is 3.59. The van der Waals surface area contributed by atoms with Gasteiger partial charge >= 0.3 is 5.97 Å². The van der Waals surface area contributed by atoms with E-state index in [1.54, 1.807) is 6.92 Å². The van der Waals surface area contributed by atoms with Crippen LogP contribution in [0.3, 0.4) is 0 Å². The van der Waals surface area contributed by atoms with Crippen LogP contribution in [-0.2, 0) is 0 Å². The molecule has 1 N–H and O–H groups in total. The summed E-state index contributed by atoms with van der Waals surface area (Å²) in [7, 11) is 0. The second-order valence-electron chi connectivity index (χ2n) is 5.36. The van der Waals surface area contributed by atoms with Crippen LogP contribution in [0.5, 0.6) is 0 Å². The number of rotatable bonds is 2. The number of piperidine rings is 1. The fraction of sp³-hybridized carbons (Fsp3) is 0.538. The van der Waals surface area contributed by atoms with Crippen LogP contribution >= 0.6 is 0 Å². The van der Waals surface area contributed by atoms with Crippen molar-refractivity contribution in [3.63, 3.8) is 0 Å². The SMILES string of the molecule is Cc1c(C(=O)O)cnc2nc(N3CCC(C)CC3)nn12. The highest BCUT2D eigenvalue weighted by Gasteiger charge is 2.21. The zero-order valence-electron chi connectivity index (χ0n) is 11.6. The number of hydrogen-bond acceptors (Lipinski definition) is 5. The predicted octanol–water partition coefficient (Wildman–Crippen LogP) is 1.37. The molecule has 0 radical (unpaired) electrons. The lowest BCUT2D eigenvalue weighted by molar-refractivity contribution is 0.0695. The minimum atomic E-state index is -0.999. The van der Waals surface area contributed by atoms with E-state index in [0.717, 1.165) is 31.8 Å². The maximum Gasteiger partial charge on any atom is 0.339 e. The molecule has 0 unspecified atom stereocenters. The molecule has 2 aromatic rings. The number of anilines is 1. The van der Waals surface area contributed by atoms with Gasteiger partial charge in [0.1, 0.15) is 0 Å². The number of aromatic carboxylic acids is 1. The number of carbonyl (C=O) groups is 1. The lowest BCUT2D eigenvalue weighted by Gasteiger charge is -2.28. The molecule has 3 heterocycles. The zero-order chi connectivity index (χ0) is 14.3. The molecule has 2 aromatic heterocycles. The van der Waals surface area contributed by atoms with Gasteiger partial charge in [-0.05, 0) is 25.7 Å².